The Balaban J connectivity index is 1.75. The lowest BCUT2D eigenvalue weighted by molar-refractivity contribution is -0.645. The zero-order valence-corrected chi connectivity index (χ0v) is 18.2. The minimum atomic E-state index is -0.209. The summed E-state index contributed by atoms with van der Waals surface area (Å²) in [4.78, 5) is 13.2. The van der Waals surface area contributed by atoms with Gasteiger partial charge in [0.25, 0.3) is 11.7 Å². The van der Waals surface area contributed by atoms with E-state index in [2.05, 4.69) is 5.43 Å². The Morgan fingerprint density at radius 3 is 1.94 bits per heavy atom. The predicted octanol–water partition coefficient (Wildman–Crippen LogP) is 5.19. The SMILES string of the molecule is Cc1ccc(-c2n[n+](-c3ccccc3)c(-c3ccccc3)n2NC(=O)c2ccccc2)cc1. The highest BCUT2D eigenvalue weighted by molar-refractivity contribution is 6.00. The van der Waals surface area contributed by atoms with Crippen LogP contribution in [-0.2, 0) is 0 Å². The number of benzene rings is 4. The lowest BCUT2D eigenvalue weighted by atomic mass is 10.1. The first kappa shape index (κ1) is 20.4. The van der Waals surface area contributed by atoms with Crippen LogP contribution in [0.2, 0.25) is 0 Å². The van der Waals surface area contributed by atoms with Crippen LogP contribution >= 0.6 is 0 Å². The molecule has 0 radical (unpaired) electrons. The number of rotatable bonds is 5. The number of carbonyl (C=O) groups excluding carboxylic acids is 1. The third kappa shape index (κ3) is 4.16. The third-order valence-corrected chi connectivity index (χ3v) is 5.41. The highest BCUT2D eigenvalue weighted by atomic mass is 16.2. The Bertz CT molecular complexity index is 1380. The van der Waals surface area contributed by atoms with Crippen molar-refractivity contribution >= 4 is 5.91 Å². The average molecular weight is 432 g/mol. The maximum Gasteiger partial charge on any atom is 0.340 e. The Hall–Kier alpha value is -4.51. The van der Waals surface area contributed by atoms with E-state index < -0.39 is 0 Å². The number of aromatic nitrogens is 3. The Morgan fingerprint density at radius 1 is 0.727 bits per heavy atom. The molecule has 5 heteroatoms. The summed E-state index contributed by atoms with van der Waals surface area (Å²) >= 11 is 0. The van der Waals surface area contributed by atoms with Gasteiger partial charge in [-0.2, -0.15) is 5.43 Å². The standard InChI is InChI=1S/C28H22N4O/c1-21-17-19-22(20-18-21)26-29-31(25-15-9-4-10-16-25)28(24-13-7-3-8-14-24)32(26)30-27(33)23-11-5-2-6-12-23/h2-20H,1H3/p+1. The number of aryl methyl sites for hydroxylation is 1. The molecule has 1 heterocycles. The molecular formula is C28H23N4O+. The van der Waals surface area contributed by atoms with Crippen LogP contribution in [0.15, 0.2) is 115 Å². The number of nitrogens with one attached hydrogen (secondary N) is 1. The van der Waals surface area contributed by atoms with Gasteiger partial charge in [0, 0.05) is 11.1 Å². The van der Waals surface area contributed by atoms with Gasteiger partial charge in [-0.15, -0.1) is 0 Å². The van der Waals surface area contributed by atoms with E-state index in [4.69, 9.17) is 5.10 Å². The molecule has 0 bridgehead atoms. The molecule has 1 N–H and O–H groups in total. The normalized spacial score (nSPS) is 10.7. The summed E-state index contributed by atoms with van der Waals surface area (Å²) in [7, 11) is 0. The lowest BCUT2D eigenvalue weighted by Crippen LogP contribution is -2.36. The summed E-state index contributed by atoms with van der Waals surface area (Å²) in [5, 5.41) is 4.97. The van der Waals surface area contributed by atoms with Gasteiger partial charge in [-0.1, -0.05) is 81.7 Å². The second kappa shape index (κ2) is 8.93. The Morgan fingerprint density at radius 2 is 1.30 bits per heavy atom. The first-order valence-electron chi connectivity index (χ1n) is 10.8. The molecule has 0 saturated carbocycles. The molecule has 5 aromatic rings. The summed E-state index contributed by atoms with van der Waals surface area (Å²) in [5.41, 5.74) is 7.56. The largest absolute Gasteiger partial charge is 0.340 e. The van der Waals surface area contributed by atoms with Crippen molar-refractivity contribution in [3.8, 4) is 28.5 Å². The van der Waals surface area contributed by atoms with E-state index in [0.29, 0.717) is 11.4 Å². The van der Waals surface area contributed by atoms with Crippen LogP contribution in [-0.4, -0.2) is 15.7 Å². The van der Waals surface area contributed by atoms with Gasteiger partial charge >= 0.3 is 5.82 Å². The van der Waals surface area contributed by atoms with Gasteiger partial charge in [0.2, 0.25) is 0 Å². The molecule has 5 rings (SSSR count). The third-order valence-electron chi connectivity index (χ3n) is 5.41. The van der Waals surface area contributed by atoms with E-state index in [-0.39, 0.29) is 5.91 Å². The van der Waals surface area contributed by atoms with Crippen LogP contribution in [0, 0.1) is 6.92 Å². The summed E-state index contributed by atoms with van der Waals surface area (Å²) in [6.45, 7) is 2.05. The first-order valence-corrected chi connectivity index (χ1v) is 10.8. The van der Waals surface area contributed by atoms with Crippen molar-refractivity contribution in [2.75, 3.05) is 5.43 Å². The summed E-state index contributed by atoms with van der Waals surface area (Å²) < 4.78 is 3.65. The smallest absolute Gasteiger partial charge is 0.266 e. The molecular weight excluding hydrogens is 408 g/mol. The molecule has 0 unspecified atom stereocenters. The maximum atomic E-state index is 13.2. The number of para-hydroxylation sites is 1. The zero-order chi connectivity index (χ0) is 22.6. The number of hydrogen-bond donors (Lipinski definition) is 1. The molecule has 0 saturated heterocycles. The topological polar surface area (TPSA) is 50.8 Å². The van der Waals surface area contributed by atoms with Crippen molar-refractivity contribution in [2.24, 2.45) is 0 Å². The molecule has 0 aliphatic heterocycles. The van der Waals surface area contributed by atoms with Crippen LogP contribution < -0.4 is 10.1 Å². The molecule has 160 valence electrons. The average Bonchev–Trinajstić information content (AvgIpc) is 3.25. The maximum absolute atomic E-state index is 13.2. The molecule has 0 aliphatic rings. The minimum Gasteiger partial charge on any atom is -0.266 e. The number of nitrogens with zero attached hydrogens (tertiary/aromatic N) is 3. The van der Waals surface area contributed by atoms with Gasteiger partial charge in [0.15, 0.2) is 5.69 Å². The molecule has 33 heavy (non-hydrogen) atoms. The van der Waals surface area contributed by atoms with Gasteiger partial charge < -0.3 is 0 Å². The fourth-order valence-electron chi connectivity index (χ4n) is 3.72. The van der Waals surface area contributed by atoms with Crippen molar-refractivity contribution in [3.63, 3.8) is 0 Å². The van der Waals surface area contributed by atoms with Gasteiger partial charge in [0.1, 0.15) is 0 Å². The first-order chi connectivity index (χ1) is 16.2. The molecule has 0 atom stereocenters. The molecule has 1 aromatic heterocycles. The molecule has 4 aromatic carbocycles. The van der Waals surface area contributed by atoms with Gasteiger partial charge in [-0.3, -0.25) is 4.79 Å². The molecule has 0 aliphatic carbocycles. The van der Waals surface area contributed by atoms with E-state index >= 15 is 0 Å². The van der Waals surface area contributed by atoms with E-state index in [1.165, 1.54) is 0 Å². The molecule has 5 nitrogen and oxygen atoms in total. The highest BCUT2D eigenvalue weighted by Gasteiger charge is 2.31. The van der Waals surface area contributed by atoms with E-state index in [0.717, 1.165) is 28.2 Å². The minimum absolute atomic E-state index is 0.209. The van der Waals surface area contributed by atoms with Crippen molar-refractivity contribution < 1.29 is 9.48 Å². The van der Waals surface area contributed by atoms with Gasteiger partial charge in [-0.25, -0.2) is 0 Å². The monoisotopic (exact) mass is 431 g/mol. The molecule has 0 fully saturated rings. The van der Waals surface area contributed by atoms with Crippen LogP contribution in [0.4, 0.5) is 0 Å². The van der Waals surface area contributed by atoms with Crippen molar-refractivity contribution in [1.82, 2.24) is 9.77 Å². The Kier molecular flexibility index (Phi) is 5.52. The van der Waals surface area contributed by atoms with Crippen molar-refractivity contribution in [3.05, 3.63) is 126 Å². The Labute approximate surface area is 192 Å². The van der Waals surface area contributed by atoms with Crippen LogP contribution in [0.3, 0.4) is 0 Å². The number of amides is 1. The van der Waals surface area contributed by atoms with Crippen molar-refractivity contribution in [2.45, 2.75) is 6.92 Å². The fraction of sp³-hybridized carbons (Fsp3) is 0.0357. The number of carbonyl (C=O) groups is 1. The number of hydrogen-bond acceptors (Lipinski definition) is 2. The van der Waals surface area contributed by atoms with E-state index in [1.807, 2.05) is 115 Å². The van der Waals surface area contributed by atoms with E-state index in [1.54, 1.807) is 16.8 Å². The molecule has 0 spiro atoms. The summed E-state index contributed by atoms with van der Waals surface area (Å²) in [5.74, 6) is 1.18. The predicted molar refractivity (Wildman–Crippen MR) is 130 cm³/mol. The fourth-order valence-corrected chi connectivity index (χ4v) is 3.72. The van der Waals surface area contributed by atoms with Crippen LogP contribution in [0.1, 0.15) is 15.9 Å². The van der Waals surface area contributed by atoms with Gasteiger partial charge in [0.05, 0.1) is 5.56 Å². The summed E-state index contributed by atoms with van der Waals surface area (Å²) in [6.07, 6.45) is 0. The van der Waals surface area contributed by atoms with Crippen LogP contribution in [0.5, 0.6) is 0 Å². The second-order valence-electron chi connectivity index (χ2n) is 7.77. The molecule has 1 amide bonds. The quantitative estimate of drug-likeness (QED) is 0.390. The summed E-state index contributed by atoms with van der Waals surface area (Å²) in [6, 6.07) is 37.2. The highest BCUT2D eigenvalue weighted by Crippen LogP contribution is 2.24. The van der Waals surface area contributed by atoms with E-state index in [9.17, 15) is 4.79 Å². The van der Waals surface area contributed by atoms with Gasteiger partial charge in [-0.05, 0) is 60.6 Å². The van der Waals surface area contributed by atoms with Crippen LogP contribution in [0.25, 0.3) is 28.5 Å². The zero-order valence-electron chi connectivity index (χ0n) is 18.2. The lowest BCUT2D eigenvalue weighted by Gasteiger charge is -2.07. The second-order valence-corrected chi connectivity index (χ2v) is 7.77. The van der Waals surface area contributed by atoms with Crippen molar-refractivity contribution in [1.29, 1.82) is 0 Å².